The number of carboxylic acids is 1. The lowest BCUT2D eigenvalue weighted by molar-refractivity contribution is -0.162. The van der Waals surface area contributed by atoms with E-state index in [4.69, 9.17) is 33.2 Å². The Morgan fingerprint density at radius 1 is 0.909 bits per heavy atom. The zero-order chi connectivity index (χ0) is 39.5. The highest BCUT2D eigenvalue weighted by Crippen LogP contribution is 2.52. The summed E-state index contributed by atoms with van der Waals surface area (Å²) in [7, 11) is 7.58. The number of amides is 1. The van der Waals surface area contributed by atoms with Crippen LogP contribution in [-0.4, -0.2) is 119 Å². The molecule has 2 saturated heterocycles. The Hall–Kier alpha value is -4.59. The molecule has 12 nitrogen and oxygen atoms in total. The standard InChI is InChI=1S/C42H54N2O10S/c1-8-11-33(29-25-36(50-5)38(52-7)37(26-29)51-6)40(45)44-19-23-55-39(42(44,41(46)47)30-14-15-34(48-3)35(27-30)49-4)32(9-2)28-12-10-13-31(24-28)54-22-18-43-16-20-53-21-17-43/h8,10,12-15,24-27,32-33,39H,1,9,11,16-23H2,2-7H3,(H,46,47). The molecular weight excluding hydrogens is 725 g/mol. The molecule has 0 aliphatic carbocycles. The number of carbonyl (C=O) groups excluding carboxylic acids is 1. The van der Waals surface area contributed by atoms with Gasteiger partial charge in [0.1, 0.15) is 12.4 Å². The Labute approximate surface area is 328 Å². The SMILES string of the molecule is C=CCC(C(=O)N1CCSC(C(CC)c2cccc(OCCN3CCOCC3)c2)C1(C(=O)O)c1ccc(OC)c(OC)c1)c1cc(OC)c(OC)c(OC)c1. The molecule has 0 spiro atoms. The Balaban J connectivity index is 1.63. The van der Waals surface area contributed by atoms with Crippen molar-refractivity contribution in [3.63, 3.8) is 0 Å². The lowest BCUT2D eigenvalue weighted by Gasteiger charge is -2.52. The van der Waals surface area contributed by atoms with E-state index in [2.05, 4.69) is 18.4 Å². The van der Waals surface area contributed by atoms with Crippen molar-refractivity contribution in [2.45, 2.75) is 42.4 Å². The summed E-state index contributed by atoms with van der Waals surface area (Å²) < 4.78 is 39.9. The molecule has 0 bridgehead atoms. The third kappa shape index (κ3) is 8.63. The Morgan fingerprint density at radius 3 is 2.20 bits per heavy atom. The number of carboxylic acid groups (broad SMARTS) is 1. The number of carbonyl (C=O) groups is 2. The Morgan fingerprint density at radius 2 is 1.60 bits per heavy atom. The second-order valence-electron chi connectivity index (χ2n) is 13.3. The van der Waals surface area contributed by atoms with Crippen LogP contribution in [0.2, 0.25) is 0 Å². The number of methoxy groups -OCH3 is 5. The first-order valence-electron chi connectivity index (χ1n) is 18.5. The summed E-state index contributed by atoms with van der Waals surface area (Å²) in [6, 6.07) is 16.5. The fourth-order valence-corrected chi connectivity index (χ4v) is 9.51. The smallest absolute Gasteiger partial charge is 0.335 e. The average molecular weight is 779 g/mol. The van der Waals surface area contributed by atoms with E-state index in [-0.39, 0.29) is 24.8 Å². The normalized spacial score (nSPS) is 19.8. The topological polar surface area (TPSA) is 125 Å². The third-order valence-electron chi connectivity index (χ3n) is 10.5. The van der Waals surface area contributed by atoms with E-state index in [1.807, 2.05) is 24.3 Å². The van der Waals surface area contributed by atoms with Gasteiger partial charge in [-0.1, -0.05) is 31.2 Å². The summed E-state index contributed by atoms with van der Waals surface area (Å²) in [5.74, 6) is 0.538. The molecule has 2 aliphatic rings. The van der Waals surface area contributed by atoms with E-state index in [1.165, 1.54) is 35.5 Å². The first-order chi connectivity index (χ1) is 26.7. The number of aliphatic carboxylic acids is 1. The maximum absolute atomic E-state index is 15.3. The second-order valence-corrected chi connectivity index (χ2v) is 14.6. The van der Waals surface area contributed by atoms with Gasteiger partial charge in [0.2, 0.25) is 11.7 Å². The number of benzene rings is 3. The maximum Gasteiger partial charge on any atom is 0.335 e. The van der Waals surface area contributed by atoms with Crippen LogP contribution in [0.1, 0.15) is 48.3 Å². The summed E-state index contributed by atoms with van der Waals surface area (Å²) in [4.78, 5) is 33.6. The maximum atomic E-state index is 15.3. The van der Waals surface area contributed by atoms with E-state index in [0.29, 0.717) is 77.6 Å². The summed E-state index contributed by atoms with van der Waals surface area (Å²) in [6.07, 6.45) is 2.50. The molecule has 5 rings (SSSR count). The highest BCUT2D eigenvalue weighted by atomic mass is 32.2. The predicted molar refractivity (Wildman–Crippen MR) is 213 cm³/mol. The minimum absolute atomic E-state index is 0.180. The molecule has 1 amide bonds. The quantitative estimate of drug-likeness (QED) is 0.148. The molecule has 2 heterocycles. The van der Waals surface area contributed by atoms with Crippen LogP contribution in [0.15, 0.2) is 67.3 Å². The highest BCUT2D eigenvalue weighted by molar-refractivity contribution is 8.00. The van der Waals surface area contributed by atoms with Gasteiger partial charge in [-0.05, 0) is 71.8 Å². The number of rotatable bonds is 18. The molecule has 0 aromatic heterocycles. The first kappa shape index (κ1) is 41.6. The molecule has 4 atom stereocenters. The number of hydrogen-bond donors (Lipinski definition) is 1. The molecule has 1 N–H and O–H groups in total. The molecule has 3 aromatic carbocycles. The number of allylic oxidation sites excluding steroid dienone is 1. The van der Waals surface area contributed by atoms with Crippen molar-refractivity contribution in [1.29, 1.82) is 0 Å². The predicted octanol–water partition coefficient (Wildman–Crippen LogP) is 6.22. The zero-order valence-corrected chi connectivity index (χ0v) is 33.5. The van der Waals surface area contributed by atoms with Crippen LogP contribution in [0.5, 0.6) is 34.5 Å². The van der Waals surface area contributed by atoms with E-state index in [9.17, 15) is 9.90 Å². The molecule has 0 radical (unpaired) electrons. The number of morpholine rings is 1. The third-order valence-corrected chi connectivity index (χ3v) is 12.0. The van der Waals surface area contributed by atoms with Gasteiger partial charge in [0.05, 0.1) is 59.9 Å². The lowest BCUT2D eigenvalue weighted by atomic mass is 9.74. The second kappa shape index (κ2) is 19.3. The van der Waals surface area contributed by atoms with E-state index in [1.54, 1.807) is 53.1 Å². The van der Waals surface area contributed by atoms with Crippen LogP contribution in [0.4, 0.5) is 0 Å². The molecule has 2 aliphatic heterocycles. The van der Waals surface area contributed by atoms with Gasteiger partial charge < -0.3 is 43.2 Å². The van der Waals surface area contributed by atoms with Crippen molar-refractivity contribution in [1.82, 2.24) is 9.80 Å². The molecule has 3 aromatic rings. The largest absolute Gasteiger partial charge is 0.493 e. The molecule has 4 unspecified atom stereocenters. The number of thioether (sulfide) groups is 1. The highest BCUT2D eigenvalue weighted by Gasteiger charge is 2.59. The summed E-state index contributed by atoms with van der Waals surface area (Å²) in [5.41, 5.74) is 0.0705. The fourth-order valence-electron chi connectivity index (χ4n) is 7.78. The van der Waals surface area contributed by atoms with Crippen molar-refractivity contribution < 1.29 is 47.9 Å². The summed E-state index contributed by atoms with van der Waals surface area (Å²) >= 11 is 1.56. The molecule has 0 saturated carbocycles. The van der Waals surface area contributed by atoms with Gasteiger partial charge in [-0.3, -0.25) is 9.69 Å². The van der Waals surface area contributed by atoms with Crippen molar-refractivity contribution in [2.75, 3.05) is 87.3 Å². The van der Waals surface area contributed by atoms with E-state index < -0.39 is 22.7 Å². The lowest BCUT2D eigenvalue weighted by Crippen LogP contribution is -2.65. The number of nitrogens with zero attached hydrogens (tertiary/aromatic N) is 2. The monoisotopic (exact) mass is 778 g/mol. The Bertz CT molecular complexity index is 1760. The van der Waals surface area contributed by atoms with Crippen LogP contribution >= 0.6 is 11.8 Å². The average Bonchev–Trinajstić information content (AvgIpc) is 3.22. The molecule has 298 valence electrons. The van der Waals surface area contributed by atoms with Gasteiger partial charge in [0.25, 0.3) is 0 Å². The van der Waals surface area contributed by atoms with Crippen molar-refractivity contribution in [2.24, 2.45) is 0 Å². The van der Waals surface area contributed by atoms with Gasteiger partial charge in [-0.25, -0.2) is 4.79 Å². The van der Waals surface area contributed by atoms with E-state index >= 15 is 4.79 Å². The van der Waals surface area contributed by atoms with Crippen LogP contribution in [0.3, 0.4) is 0 Å². The molecule has 13 heteroatoms. The van der Waals surface area contributed by atoms with Crippen molar-refractivity contribution >= 4 is 23.6 Å². The van der Waals surface area contributed by atoms with E-state index in [0.717, 1.165) is 25.2 Å². The fraction of sp³-hybridized carbons (Fsp3) is 0.476. The van der Waals surface area contributed by atoms with Crippen LogP contribution < -0.4 is 28.4 Å². The van der Waals surface area contributed by atoms with Gasteiger partial charge >= 0.3 is 5.97 Å². The van der Waals surface area contributed by atoms with Gasteiger partial charge in [0, 0.05) is 31.9 Å². The minimum Gasteiger partial charge on any atom is -0.493 e. The number of hydrogen-bond acceptors (Lipinski definition) is 11. The van der Waals surface area contributed by atoms with Crippen LogP contribution in [-0.2, 0) is 19.9 Å². The van der Waals surface area contributed by atoms with Gasteiger partial charge in [-0.15, -0.1) is 6.58 Å². The molecule has 2 fully saturated rings. The summed E-state index contributed by atoms with van der Waals surface area (Å²) in [5, 5.41) is 11.1. The summed E-state index contributed by atoms with van der Waals surface area (Å²) in [6.45, 7) is 10.7. The van der Waals surface area contributed by atoms with Gasteiger partial charge in [0.15, 0.2) is 28.5 Å². The number of ether oxygens (including phenoxy) is 7. The minimum atomic E-state index is -1.84. The zero-order valence-electron chi connectivity index (χ0n) is 32.7. The van der Waals surface area contributed by atoms with Gasteiger partial charge in [-0.2, -0.15) is 11.8 Å². The van der Waals surface area contributed by atoms with Crippen molar-refractivity contribution in [3.8, 4) is 34.5 Å². The molecular formula is C42H54N2O10S. The van der Waals surface area contributed by atoms with Crippen LogP contribution in [0, 0.1) is 0 Å². The first-order valence-corrected chi connectivity index (χ1v) is 19.6. The Kier molecular flexibility index (Phi) is 14.6. The van der Waals surface area contributed by atoms with Crippen LogP contribution in [0.25, 0.3) is 0 Å². The molecule has 55 heavy (non-hydrogen) atoms. The van der Waals surface area contributed by atoms with Crippen molar-refractivity contribution in [3.05, 3.63) is 83.9 Å².